The van der Waals surface area contributed by atoms with Gasteiger partial charge in [0.05, 0.1) is 10.0 Å². The molecule has 2 aromatic rings. The summed E-state index contributed by atoms with van der Waals surface area (Å²) in [6, 6.07) is 12.4. The van der Waals surface area contributed by atoms with Crippen molar-refractivity contribution in [3.63, 3.8) is 0 Å². The Labute approximate surface area is 206 Å². The molecular weight excluding hydrogens is 459 g/mol. The fraction of sp³-hybridized carbons (Fsp3) is 0.462. The SMILES string of the molecule is CCC(C(=O)NC1CCCCC1)N(Cc1ccc(Cl)c(Cl)c1)C(=O)COc1ccc(C)cc1. The van der Waals surface area contributed by atoms with Gasteiger partial charge in [-0.05, 0) is 56.0 Å². The van der Waals surface area contributed by atoms with Gasteiger partial charge in [-0.15, -0.1) is 0 Å². The van der Waals surface area contributed by atoms with Gasteiger partial charge in [0.15, 0.2) is 6.61 Å². The monoisotopic (exact) mass is 490 g/mol. The Kier molecular flexibility index (Phi) is 9.45. The molecule has 0 radical (unpaired) electrons. The number of carbonyl (C=O) groups excluding carboxylic acids is 2. The van der Waals surface area contributed by atoms with Crippen LogP contribution in [0.2, 0.25) is 10.0 Å². The Bertz CT molecular complexity index is 943. The molecular formula is C26H32Cl2N2O3. The maximum Gasteiger partial charge on any atom is 0.261 e. The highest BCUT2D eigenvalue weighted by atomic mass is 35.5. The lowest BCUT2D eigenvalue weighted by molar-refractivity contribution is -0.143. The molecule has 2 amide bonds. The minimum atomic E-state index is -0.601. The van der Waals surface area contributed by atoms with E-state index in [4.69, 9.17) is 27.9 Å². The summed E-state index contributed by atoms with van der Waals surface area (Å²) in [5, 5.41) is 4.03. The molecule has 5 nitrogen and oxygen atoms in total. The largest absolute Gasteiger partial charge is 0.484 e. The summed E-state index contributed by atoms with van der Waals surface area (Å²) in [5.41, 5.74) is 1.91. The number of aryl methyl sites for hydroxylation is 1. The zero-order valence-electron chi connectivity index (χ0n) is 19.3. The molecule has 1 saturated carbocycles. The molecule has 0 heterocycles. The third kappa shape index (κ3) is 7.38. The lowest BCUT2D eigenvalue weighted by Crippen LogP contribution is -2.52. The molecule has 178 valence electrons. The molecule has 2 aromatic carbocycles. The molecule has 1 fully saturated rings. The van der Waals surface area contributed by atoms with E-state index >= 15 is 0 Å². The van der Waals surface area contributed by atoms with E-state index in [0.29, 0.717) is 22.2 Å². The zero-order valence-corrected chi connectivity index (χ0v) is 20.8. The van der Waals surface area contributed by atoms with E-state index < -0.39 is 6.04 Å². The van der Waals surface area contributed by atoms with Gasteiger partial charge in [0, 0.05) is 12.6 Å². The fourth-order valence-electron chi connectivity index (χ4n) is 4.16. The summed E-state index contributed by atoms with van der Waals surface area (Å²) < 4.78 is 5.74. The van der Waals surface area contributed by atoms with Crippen molar-refractivity contribution in [1.82, 2.24) is 10.2 Å². The van der Waals surface area contributed by atoms with Crippen LogP contribution < -0.4 is 10.1 Å². The second-order valence-electron chi connectivity index (χ2n) is 8.64. The number of ether oxygens (including phenoxy) is 1. The van der Waals surface area contributed by atoms with Crippen LogP contribution in [0.1, 0.15) is 56.6 Å². The van der Waals surface area contributed by atoms with Gasteiger partial charge in [0.2, 0.25) is 5.91 Å². The summed E-state index contributed by atoms with van der Waals surface area (Å²) in [6.07, 6.45) is 5.92. The standard InChI is InChI=1S/C26H32Cl2N2O3/c1-3-24(26(32)29-20-7-5-4-6-8-20)30(16-19-11-14-22(27)23(28)15-19)25(31)17-33-21-12-9-18(2)10-13-21/h9-15,20,24H,3-8,16-17H2,1-2H3,(H,29,32). The molecule has 0 bridgehead atoms. The molecule has 1 N–H and O–H groups in total. The molecule has 33 heavy (non-hydrogen) atoms. The Morgan fingerprint density at radius 1 is 1.06 bits per heavy atom. The highest BCUT2D eigenvalue weighted by molar-refractivity contribution is 6.42. The summed E-state index contributed by atoms with van der Waals surface area (Å²) >= 11 is 12.3. The van der Waals surface area contributed by atoms with E-state index in [1.165, 1.54) is 6.42 Å². The van der Waals surface area contributed by atoms with Crippen molar-refractivity contribution in [2.24, 2.45) is 0 Å². The molecule has 1 aliphatic rings. The summed E-state index contributed by atoms with van der Waals surface area (Å²) in [5.74, 6) is 0.239. The number of rotatable bonds is 9. The first-order chi connectivity index (χ1) is 15.9. The Morgan fingerprint density at radius 3 is 2.39 bits per heavy atom. The third-order valence-electron chi connectivity index (χ3n) is 6.06. The Balaban J connectivity index is 1.77. The van der Waals surface area contributed by atoms with E-state index in [9.17, 15) is 9.59 Å². The van der Waals surface area contributed by atoms with E-state index in [0.717, 1.165) is 36.8 Å². The predicted octanol–water partition coefficient (Wildman–Crippen LogP) is 5.94. The number of carbonyl (C=O) groups is 2. The van der Waals surface area contributed by atoms with Gasteiger partial charge in [0.25, 0.3) is 5.91 Å². The first-order valence-corrected chi connectivity index (χ1v) is 12.4. The second-order valence-corrected chi connectivity index (χ2v) is 9.45. The van der Waals surface area contributed by atoms with Crippen molar-refractivity contribution in [2.45, 2.75) is 71.0 Å². The van der Waals surface area contributed by atoms with Gasteiger partial charge in [-0.3, -0.25) is 9.59 Å². The van der Waals surface area contributed by atoms with Gasteiger partial charge >= 0.3 is 0 Å². The quantitative estimate of drug-likeness (QED) is 0.473. The second kappa shape index (κ2) is 12.3. The topological polar surface area (TPSA) is 58.6 Å². The maximum absolute atomic E-state index is 13.3. The molecule has 0 spiro atoms. The highest BCUT2D eigenvalue weighted by Crippen LogP contribution is 2.24. The highest BCUT2D eigenvalue weighted by Gasteiger charge is 2.30. The molecule has 1 atom stereocenters. The van der Waals surface area contributed by atoms with Crippen LogP contribution in [0.5, 0.6) is 5.75 Å². The summed E-state index contributed by atoms with van der Waals surface area (Å²) in [7, 11) is 0. The predicted molar refractivity (Wildman–Crippen MR) is 133 cm³/mol. The van der Waals surface area contributed by atoms with Crippen LogP contribution in [0.4, 0.5) is 0 Å². The minimum Gasteiger partial charge on any atom is -0.484 e. The van der Waals surface area contributed by atoms with E-state index in [1.807, 2.05) is 44.2 Å². The number of halogens is 2. The van der Waals surface area contributed by atoms with Gasteiger partial charge in [-0.25, -0.2) is 0 Å². The molecule has 0 aromatic heterocycles. The van der Waals surface area contributed by atoms with Crippen LogP contribution in [0.15, 0.2) is 42.5 Å². The van der Waals surface area contributed by atoms with Crippen LogP contribution in [0.3, 0.4) is 0 Å². The van der Waals surface area contributed by atoms with Crippen molar-refractivity contribution < 1.29 is 14.3 Å². The normalized spacial score (nSPS) is 15.0. The lowest BCUT2D eigenvalue weighted by Gasteiger charge is -2.32. The smallest absolute Gasteiger partial charge is 0.261 e. The van der Waals surface area contributed by atoms with Gasteiger partial charge in [-0.1, -0.05) is 73.2 Å². The van der Waals surface area contributed by atoms with E-state index in [-0.39, 0.29) is 31.0 Å². The number of nitrogens with one attached hydrogen (secondary N) is 1. The zero-order chi connectivity index (χ0) is 23.8. The average Bonchev–Trinajstić information content (AvgIpc) is 2.81. The van der Waals surface area contributed by atoms with Crippen LogP contribution in [-0.4, -0.2) is 35.4 Å². The van der Waals surface area contributed by atoms with Gasteiger partial charge < -0.3 is 15.0 Å². The first kappa shape index (κ1) is 25.4. The van der Waals surface area contributed by atoms with Crippen molar-refractivity contribution in [3.05, 3.63) is 63.6 Å². The van der Waals surface area contributed by atoms with Crippen molar-refractivity contribution in [2.75, 3.05) is 6.61 Å². The number of hydrogen-bond donors (Lipinski definition) is 1. The van der Waals surface area contributed by atoms with Crippen molar-refractivity contribution in [1.29, 1.82) is 0 Å². The average molecular weight is 491 g/mol. The molecule has 3 rings (SSSR count). The number of amides is 2. The number of hydrogen-bond acceptors (Lipinski definition) is 3. The lowest BCUT2D eigenvalue weighted by atomic mass is 9.95. The Morgan fingerprint density at radius 2 is 1.76 bits per heavy atom. The van der Waals surface area contributed by atoms with E-state index in [2.05, 4.69) is 5.32 Å². The van der Waals surface area contributed by atoms with Crippen LogP contribution >= 0.6 is 23.2 Å². The summed E-state index contributed by atoms with van der Waals surface area (Å²) in [6.45, 7) is 3.99. The molecule has 0 aliphatic heterocycles. The van der Waals surface area contributed by atoms with Gasteiger partial charge in [-0.2, -0.15) is 0 Å². The van der Waals surface area contributed by atoms with E-state index in [1.54, 1.807) is 17.0 Å². The minimum absolute atomic E-state index is 0.117. The fourth-order valence-corrected chi connectivity index (χ4v) is 4.48. The van der Waals surface area contributed by atoms with Crippen molar-refractivity contribution in [3.8, 4) is 5.75 Å². The summed E-state index contributed by atoms with van der Waals surface area (Å²) in [4.78, 5) is 28.1. The maximum atomic E-state index is 13.3. The van der Waals surface area contributed by atoms with Crippen LogP contribution in [-0.2, 0) is 16.1 Å². The van der Waals surface area contributed by atoms with Gasteiger partial charge in [0.1, 0.15) is 11.8 Å². The molecule has 0 saturated heterocycles. The number of nitrogens with zero attached hydrogens (tertiary/aromatic N) is 1. The number of benzene rings is 2. The van der Waals surface area contributed by atoms with Crippen LogP contribution in [0, 0.1) is 6.92 Å². The molecule has 1 aliphatic carbocycles. The Hall–Kier alpha value is -2.24. The van der Waals surface area contributed by atoms with Crippen molar-refractivity contribution >= 4 is 35.0 Å². The molecule has 7 heteroatoms. The third-order valence-corrected chi connectivity index (χ3v) is 6.80. The molecule has 1 unspecified atom stereocenters. The first-order valence-electron chi connectivity index (χ1n) is 11.6. The van der Waals surface area contributed by atoms with Crippen LogP contribution in [0.25, 0.3) is 0 Å².